The maximum Gasteiger partial charge on any atom is 0.363 e. The SMILES string of the molecule is COc1ccc(CN2C(=O)C3(CCC3)c3cc(-c4ccnn4-c4ccccc4)cc(Oc4ccc([N+](=O)[O-])nc4)c32)cc1. The highest BCUT2D eigenvalue weighted by atomic mass is 16.6. The monoisotopic (exact) mass is 573 g/mol. The van der Waals surface area contributed by atoms with Crippen LogP contribution in [0.25, 0.3) is 16.9 Å². The van der Waals surface area contributed by atoms with Crippen molar-refractivity contribution in [2.75, 3.05) is 12.0 Å². The minimum atomic E-state index is -0.638. The van der Waals surface area contributed by atoms with Crippen LogP contribution in [0.4, 0.5) is 11.5 Å². The van der Waals surface area contributed by atoms with Crippen molar-refractivity contribution in [3.05, 3.63) is 119 Å². The van der Waals surface area contributed by atoms with E-state index in [4.69, 9.17) is 9.47 Å². The number of carbonyl (C=O) groups is 1. The molecule has 1 fully saturated rings. The summed E-state index contributed by atoms with van der Waals surface area (Å²) in [5.74, 6) is 1.30. The summed E-state index contributed by atoms with van der Waals surface area (Å²) in [5, 5.41) is 15.8. The highest BCUT2D eigenvalue weighted by Gasteiger charge is 2.55. The smallest absolute Gasteiger partial charge is 0.363 e. The van der Waals surface area contributed by atoms with Gasteiger partial charge in [-0.15, -0.1) is 0 Å². The van der Waals surface area contributed by atoms with Crippen molar-refractivity contribution in [3.8, 4) is 34.2 Å². The number of hydrogen-bond donors (Lipinski definition) is 0. The molecule has 1 aliphatic carbocycles. The van der Waals surface area contributed by atoms with Crippen LogP contribution >= 0.6 is 0 Å². The van der Waals surface area contributed by atoms with Crippen molar-refractivity contribution in [2.45, 2.75) is 31.2 Å². The Kier molecular flexibility index (Phi) is 6.38. The van der Waals surface area contributed by atoms with Crippen LogP contribution in [0.2, 0.25) is 0 Å². The maximum absolute atomic E-state index is 14.2. The van der Waals surface area contributed by atoms with Gasteiger partial charge in [0.2, 0.25) is 5.91 Å². The Morgan fingerprint density at radius 2 is 1.74 bits per heavy atom. The summed E-state index contributed by atoms with van der Waals surface area (Å²) in [6.07, 6.45) is 5.53. The zero-order valence-corrected chi connectivity index (χ0v) is 23.3. The fourth-order valence-corrected chi connectivity index (χ4v) is 5.99. The molecule has 2 aromatic heterocycles. The number of fused-ring (bicyclic) bond motifs is 2. The van der Waals surface area contributed by atoms with Gasteiger partial charge in [-0.05, 0) is 82.4 Å². The molecule has 10 nitrogen and oxygen atoms in total. The molecule has 1 aliphatic heterocycles. The van der Waals surface area contributed by atoms with Gasteiger partial charge in [-0.3, -0.25) is 4.79 Å². The molecule has 214 valence electrons. The predicted octanol–water partition coefficient (Wildman–Crippen LogP) is 6.61. The van der Waals surface area contributed by atoms with E-state index < -0.39 is 10.3 Å². The summed E-state index contributed by atoms with van der Waals surface area (Å²) in [4.78, 5) is 30.6. The van der Waals surface area contributed by atoms with Crippen molar-refractivity contribution in [2.24, 2.45) is 0 Å². The number of para-hydroxylation sites is 1. The van der Waals surface area contributed by atoms with Crippen molar-refractivity contribution in [1.29, 1.82) is 0 Å². The van der Waals surface area contributed by atoms with E-state index in [0.717, 1.165) is 53.1 Å². The van der Waals surface area contributed by atoms with E-state index in [9.17, 15) is 14.9 Å². The van der Waals surface area contributed by atoms with E-state index in [-0.39, 0.29) is 11.7 Å². The molecule has 10 heteroatoms. The Hall–Kier alpha value is -5.51. The summed E-state index contributed by atoms with van der Waals surface area (Å²) < 4.78 is 13.6. The number of benzene rings is 3. The molecule has 3 aromatic carbocycles. The van der Waals surface area contributed by atoms with Crippen LogP contribution in [0.15, 0.2) is 97.3 Å². The van der Waals surface area contributed by atoms with Crippen LogP contribution < -0.4 is 14.4 Å². The average molecular weight is 574 g/mol. The summed E-state index contributed by atoms with van der Waals surface area (Å²) in [6, 6.07) is 26.2. The van der Waals surface area contributed by atoms with Crippen molar-refractivity contribution < 1.29 is 19.2 Å². The Morgan fingerprint density at radius 1 is 0.977 bits per heavy atom. The Morgan fingerprint density at radius 3 is 2.40 bits per heavy atom. The first kappa shape index (κ1) is 26.4. The average Bonchev–Trinajstić information content (AvgIpc) is 3.60. The largest absolute Gasteiger partial charge is 0.497 e. The van der Waals surface area contributed by atoms with Gasteiger partial charge in [0, 0.05) is 11.6 Å². The van der Waals surface area contributed by atoms with Crippen LogP contribution in [-0.4, -0.2) is 32.7 Å². The maximum atomic E-state index is 14.2. The predicted molar refractivity (Wildman–Crippen MR) is 160 cm³/mol. The molecule has 2 aliphatic rings. The zero-order valence-electron chi connectivity index (χ0n) is 23.3. The third kappa shape index (κ3) is 4.47. The number of rotatable bonds is 8. The van der Waals surface area contributed by atoms with Gasteiger partial charge in [-0.1, -0.05) is 36.8 Å². The minimum absolute atomic E-state index is 0.0463. The molecule has 1 amide bonds. The second kappa shape index (κ2) is 10.4. The molecule has 0 unspecified atom stereocenters. The minimum Gasteiger partial charge on any atom is -0.497 e. The lowest BCUT2D eigenvalue weighted by atomic mass is 9.65. The van der Waals surface area contributed by atoms with E-state index >= 15 is 0 Å². The lowest BCUT2D eigenvalue weighted by Crippen LogP contribution is -2.44. The number of ether oxygens (including phenoxy) is 2. The molecule has 0 radical (unpaired) electrons. The van der Waals surface area contributed by atoms with Crippen LogP contribution in [0.5, 0.6) is 17.2 Å². The van der Waals surface area contributed by atoms with Gasteiger partial charge >= 0.3 is 5.82 Å². The lowest BCUT2D eigenvalue weighted by Gasteiger charge is -2.37. The molecule has 0 atom stereocenters. The van der Waals surface area contributed by atoms with Gasteiger partial charge in [-0.2, -0.15) is 5.10 Å². The molecule has 0 N–H and O–H groups in total. The van der Waals surface area contributed by atoms with Gasteiger partial charge in [0.25, 0.3) is 0 Å². The van der Waals surface area contributed by atoms with E-state index in [1.165, 1.54) is 18.3 Å². The molecule has 3 heterocycles. The van der Waals surface area contributed by atoms with Gasteiger partial charge in [0.15, 0.2) is 17.7 Å². The molecule has 0 saturated heterocycles. The van der Waals surface area contributed by atoms with Crippen molar-refractivity contribution in [3.63, 3.8) is 0 Å². The number of hydrogen-bond acceptors (Lipinski definition) is 7. The van der Waals surface area contributed by atoms with E-state index in [0.29, 0.717) is 23.7 Å². The van der Waals surface area contributed by atoms with Crippen LogP contribution in [0.3, 0.4) is 0 Å². The van der Waals surface area contributed by atoms with Crippen molar-refractivity contribution >= 4 is 17.4 Å². The Bertz CT molecular complexity index is 1830. The van der Waals surface area contributed by atoms with Crippen LogP contribution in [0, 0.1) is 10.1 Å². The number of pyridine rings is 1. The summed E-state index contributed by atoms with van der Waals surface area (Å²) >= 11 is 0. The van der Waals surface area contributed by atoms with E-state index in [1.54, 1.807) is 13.3 Å². The summed E-state index contributed by atoms with van der Waals surface area (Å²) in [7, 11) is 1.62. The molecule has 7 rings (SSSR count). The third-order valence-electron chi connectivity index (χ3n) is 8.30. The van der Waals surface area contributed by atoms with Crippen molar-refractivity contribution in [1.82, 2.24) is 14.8 Å². The topological polar surface area (TPSA) is 113 Å². The second-order valence-corrected chi connectivity index (χ2v) is 10.7. The number of methoxy groups -OCH3 is 1. The third-order valence-corrected chi connectivity index (χ3v) is 8.30. The highest BCUT2D eigenvalue weighted by Crippen LogP contribution is 2.58. The molecule has 0 bridgehead atoms. The standard InChI is InChI=1S/C33H27N5O5/c1-42-25-10-8-22(9-11-25)21-36-31-27(33(32(36)39)15-5-16-33)18-23(28-14-17-35-37(28)24-6-3-2-4-7-24)19-29(31)43-26-12-13-30(34-20-26)38(40)41/h2-4,6-14,17-20H,5,15-16,21H2,1H3. The number of aromatic nitrogens is 3. The quantitative estimate of drug-likeness (QED) is 0.152. The Balaban J connectivity index is 1.38. The number of carbonyl (C=O) groups excluding carboxylic acids is 1. The molecule has 1 spiro atoms. The fraction of sp³-hybridized carbons (Fsp3) is 0.182. The second-order valence-electron chi connectivity index (χ2n) is 10.7. The molecule has 5 aromatic rings. The number of amides is 1. The molecule has 43 heavy (non-hydrogen) atoms. The molecule has 1 saturated carbocycles. The normalized spacial score (nSPS) is 14.8. The molecular weight excluding hydrogens is 546 g/mol. The van der Waals surface area contributed by atoms with Gasteiger partial charge < -0.3 is 24.5 Å². The Labute approximate surface area is 247 Å². The fourth-order valence-electron chi connectivity index (χ4n) is 5.99. The van der Waals surface area contributed by atoms with Gasteiger partial charge in [0.05, 0.1) is 42.3 Å². The lowest BCUT2D eigenvalue weighted by molar-refractivity contribution is -0.389. The van der Waals surface area contributed by atoms with Crippen LogP contribution in [0.1, 0.15) is 30.4 Å². The first-order valence-corrected chi connectivity index (χ1v) is 14.0. The summed E-state index contributed by atoms with van der Waals surface area (Å²) in [6.45, 7) is 0.355. The number of anilines is 1. The van der Waals surface area contributed by atoms with Gasteiger partial charge in [0.1, 0.15) is 5.75 Å². The molecular formula is C33H27N5O5. The van der Waals surface area contributed by atoms with Gasteiger partial charge in [-0.25, -0.2) is 4.68 Å². The zero-order chi connectivity index (χ0) is 29.6. The summed E-state index contributed by atoms with van der Waals surface area (Å²) in [5.41, 5.74) is 4.52. The highest BCUT2D eigenvalue weighted by molar-refractivity contribution is 6.10. The number of nitrogens with zero attached hydrogens (tertiary/aromatic N) is 5. The first-order chi connectivity index (χ1) is 21.0. The van der Waals surface area contributed by atoms with E-state index in [1.807, 2.05) is 76.3 Å². The van der Waals surface area contributed by atoms with E-state index in [2.05, 4.69) is 16.1 Å². The number of nitro groups is 1. The van der Waals surface area contributed by atoms with Crippen LogP contribution in [-0.2, 0) is 16.8 Å². The first-order valence-electron chi connectivity index (χ1n) is 14.0.